The molecule has 0 atom stereocenters. The number of hydrogen-bond acceptors (Lipinski definition) is 6. The Kier molecular flexibility index (Phi) is 7.65. The predicted molar refractivity (Wildman–Crippen MR) is 123 cm³/mol. The van der Waals surface area contributed by atoms with Gasteiger partial charge in [0.15, 0.2) is 6.61 Å². The molecule has 162 valence electrons. The number of halogens is 1. The first-order chi connectivity index (χ1) is 15.4. The fourth-order valence-electron chi connectivity index (χ4n) is 2.57. The highest BCUT2D eigenvalue weighted by atomic mass is 79.9. The Balaban J connectivity index is 1.53. The predicted octanol–water partition coefficient (Wildman–Crippen LogP) is 4.14. The molecule has 0 saturated carbocycles. The van der Waals surface area contributed by atoms with Gasteiger partial charge in [-0.05, 0) is 57.9 Å². The Labute approximate surface area is 191 Å². The van der Waals surface area contributed by atoms with Crippen LogP contribution in [0.1, 0.15) is 15.9 Å². The molecule has 0 heterocycles. The maximum Gasteiger partial charge on any atom is 0.271 e. The van der Waals surface area contributed by atoms with Crippen LogP contribution in [0.25, 0.3) is 0 Å². The van der Waals surface area contributed by atoms with Crippen LogP contribution in [0.4, 0.5) is 11.4 Å². The van der Waals surface area contributed by atoms with Crippen LogP contribution in [-0.2, 0) is 4.79 Å². The Morgan fingerprint density at radius 2 is 1.84 bits per heavy atom. The van der Waals surface area contributed by atoms with Gasteiger partial charge in [0.2, 0.25) is 0 Å². The molecule has 0 aliphatic heterocycles. The molecule has 32 heavy (non-hydrogen) atoms. The Hall–Kier alpha value is -4.05. The number of nitro benzene ring substituents is 1. The number of anilines is 1. The van der Waals surface area contributed by atoms with E-state index >= 15 is 0 Å². The lowest BCUT2D eigenvalue weighted by Gasteiger charge is -2.09. The van der Waals surface area contributed by atoms with Gasteiger partial charge in [-0.15, -0.1) is 0 Å². The number of nitro groups is 1. The summed E-state index contributed by atoms with van der Waals surface area (Å²) in [5.74, 6) is -0.406. The van der Waals surface area contributed by atoms with Gasteiger partial charge < -0.3 is 10.1 Å². The SMILES string of the molecule is O=C(COc1ccc(/C=N/NC(=O)c2cccc([N+](=O)[O-])c2)cc1Br)Nc1ccccc1. The van der Waals surface area contributed by atoms with Crippen LogP contribution < -0.4 is 15.5 Å². The van der Waals surface area contributed by atoms with Gasteiger partial charge in [-0.25, -0.2) is 5.43 Å². The summed E-state index contributed by atoms with van der Waals surface area (Å²) in [5.41, 5.74) is 3.59. The molecule has 0 bridgehead atoms. The molecule has 3 rings (SSSR count). The molecule has 0 aromatic heterocycles. The normalized spacial score (nSPS) is 10.5. The molecule has 2 amide bonds. The van der Waals surface area contributed by atoms with Gasteiger partial charge in [-0.3, -0.25) is 19.7 Å². The molecule has 0 aliphatic carbocycles. The van der Waals surface area contributed by atoms with E-state index in [1.165, 1.54) is 30.5 Å². The first kappa shape index (κ1) is 22.6. The van der Waals surface area contributed by atoms with Crippen LogP contribution in [0, 0.1) is 10.1 Å². The minimum absolute atomic E-state index is 0.120. The Morgan fingerprint density at radius 1 is 1.06 bits per heavy atom. The number of rotatable bonds is 8. The van der Waals surface area contributed by atoms with Crippen molar-refractivity contribution in [2.24, 2.45) is 5.10 Å². The number of ether oxygens (including phenoxy) is 1. The van der Waals surface area contributed by atoms with Gasteiger partial charge in [-0.1, -0.05) is 24.3 Å². The van der Waals surface area contributed by atoms with Crippen LogP contribution in [0.3, 0.4) is 0 Å². The van der Waals surface area contributed by atoms with Crippen LogP contribution in [0.5, 0.6) is 5.75 Å². The van der Waals surface area contributed by atoms with Crippen molar-refractivity contribution in [3.8, 4) is 5.75 Å². The lowest BCUT2D eigenvalue weighted by Crippen LogP contribution is -2.20. The second-order valence-corrected chi connectivity index (χ2v) is 7.25. The topological polar surface area (TPSA) is 123 Å². The number of nitrogens with zero attached hydrogens (tertiary/aromatic N) is 2. The summed E-state index contributed by atoms with van der Waals surface area (Å²) in [6.45, 7) is -0.166. The molecule has 3 aromatic carbocycles. The van der Waals surface area contributed by atoms with E-state index in [1.54, 1.807) is 30.3 Å². The minimum atomic E-state index is -0.577. The van der Waals surface area contributed by atoms with Gasteiger partial charge >= 0.3 is 0 Å². The second kappa shape index (κ2) is 10.8. The maximum atomic E-state index is 12.1. The first-order valence-electron chi connectivity index (χ1n) is 9.27. The summed E-state index contributed by atoms with van der Waals surface area (Å²) in [5, 5.41) is 17.4. The van der Waals surface area contributed by atoms with Crippen molar-refractivity contribution in [1.82, 2.24) is 5.43 Å². The number of para-hydroxylation sites is 1. The van der Waals surface area contributed by atoms with E-state index in [9.17, 15) is 19.7 Å². The Bertz CT molecular complexity index is 1170. The van der Waals surface area contributed by atoms with Crippen LogP contribution in [0.2, 0.25) is 0 Å². The van der Waals surface area contributed by atoms with Gasteiger partial charge in [0, 0.05) is 23.4 Å². The van der Waals surface area contributed by atoms with Gasteiger partial charge in [0.1, 0.15) is 5.75 Å². The van der Waals surface area contributed by atoms with Gasteiger partial charge in [0.05, 0.1) is 15.6 Å². The van der Waals surface area contributed by atoms with Crippen molar-refractivity contribution in [3.63, 3.8) is 0 Å². The van der Waals surface area contributed by atoms with E-state index in [2.05, 4.69) is 31.8 Å². The van der Waals surface area contributed by atoms with E-state index in [0.29, 0.717) is 21.5 Å². The molecular weight excluding hydrogens is 480 g/mol. The molecule has 0 radical (unpaired) electrons. The van der Waals surface area contributed by atoms with Crippen molar-refractivity contribution in [3.05, 3.63) is 98.5 Å². The molecule has 10 heteroatoms. The summed E-state index contributed by atoms with van der Waals surface area (Å²) in [4.78, 5) is 34.3. The summed E-state index contributed by atoms with van der Waals surface area (Å²) in [6.07, 6.45) is 1.41. The van der Waals surface area contributed by atoms with Crippen molar-refractivity contribution in [1.29, 1.82) is 0 Å². The highest BCUT2D eigenvalue weighted by molar-refractivity contribution is 9.10. The highest BCUT2D eigenvalue weighted by Crippen LogP contribution is 2.25. The number of carbonyl (C=O) groups excluding carboxylic acids is 2. The van der Waals surface area contributed by atoms with E-state index in [1.807, 2.05) is 18.2 Å². The molecule has 2 N–H and O–H groups in total. The third-order valence-electron chi connectivity index (χ3n) is 4.07. The standard InChI is InChI=1S/C22H17BrN4O5/c23-19-11-15(13-24-26-22(29)16-5-4-8-18(12-16)27(30)31)9-10-20(19)32-14-21(28)25-17-6-2-1-3-7-17/h1-13H,14H2,(H,25,28)(H,26,29)/b24-13+. The zero-order valence-corrected chi connectivity index (χ0v) is 18.1. The second-order valence-electron chi connectivity index (χ2n) is 6.40. The van der Waals surface area contributed by atoms with Crippen molar-refractivity contribution >= 4 is 45.3 Å². The van der Waals surface area contributed by atoms with E-state index in [0.717, 1.165) is 0 Å². The van der Waals surface area contributed by atoms with E-state index < -0.39 is 10.8 Å². The molecule has 0 saturated heterocycles. The lowest BCUT2D eigenvalue weighted by molar-refractivity contribution is -0.384. The molecular formula is C22H17BrN4O5. The zero-order valence-electron chi connectivity index (χ0n) is 16.5. The summed E-state index contributed by atoms with van der Waals surface area (Å²) in [6, 6.07) is 19.4. The van der Waals surface area contributed by atoms with E-state index in [-0.39, 0.29) is 23.8 Å². The monoisotopic (exact) mass is 496 g/mol. The highest BCUT2D eigenvalue weighted by Gasteiger charge is 2.11. The molecule has 3 aromatic rings. The number of hydrazone groups is 1. The number of benzene rings is 3. The lowest BCUT2D eigenvalue weighted by atomic mass is 10.2. The largest absolute Gasteiger partial charge is 0.483 e. The van der Waals surface area contributed by atoms with Crippen LogP contribution in [-0.4, -0.2) is 29.6 Å². The van der Waals surface area contributed by atoms with Crippen LogP contribution >= 0.6 is 15.9 Å². The maximum absolute atomic E-state index is 12.1. The number of carbonyl (C=O) groups is 2. The van der Waals surface area contributed by atoms with E-state index in [4.69, 9.17) is 4.74 Å². The zero-order chi connectivity index (χ0) is 22.9. The fraction of sp³-hybridized carbons (Fsp3) is 0.0455. The average Bonchev–Trinajstić information content (AvgIpc) is 2.79. The molecule has 0 spiro atoms. The molecule has 0 fully saturated rings. The fourth-order valence-corrected chi connectivity index (χ4v) is 3.08. The third kappa shape index (κ3) is 6.47. The van der Waals surface area contributed by atoms with Crippen LogP contribution in [0.15, 0.2) is 82.4 Å². The molecule has 0 unspecified atom stereocenters. The quantitative estimate of drug-likeness (QED) is 0.275. The Morgan fingerprint density at radius 3 is 2.56 bits per heavy atom. The van der Waals surface area contributed by atoms with Crippen molar-refractivity contribution in [2.45, 2.75) is 0 Å². The van der Waals surface area contributed by atoms with Crippen molar-refractivity contribution in [2.75, 3.05) is 11.9 Å². The van der Waals surface area contributed by atoms with Gasteiger partial charge in [0.25, 0.3) is 17.5 Å². The number of hydrogen-bond donors (Lipinski definition) is 2. The summed E-state index contributed by atoms with van der Waals surface area (Å²) in [7, 11) is 0. The summed E-state index contributed by atoms with van der Waals surface area (Å²) >= 11 is 3.37. The smallest absolute Gasteiger partial charge is 0.271 e. The van der Waals surface area contributed by atoms with Gasteiger partial charge in [-0.2, -0.15) is 5.10 Å². The number of nitrogens with one attached hydrogen (secondary N) is 2. The molecule has 0 aliphatic rings. The van der Waals surface area contributed by atoms with Crippen molar-refractivity contribution < 1.29 is 19.2 Å². The first-order valence-corrected chi connectivity index (χ1v) is 10.1. The number of amides is 2. The third-order valence-corrected chi connectivity index (χ3v) is 4.69. The summed E-state index contributed by atoms with van der Waals surface area (Å²) < 4.78 is 6.12. The minimum Gasteiger partial charge on any atom is -0.483 e. The number of non-ortho nitro benzene ring substituents is 1. The average molecular weight is 497 g/mol. The molecule has 9 nitrogen and oxygen atoms in total.